The zero-order chi connectivity index (χ0) is 20.7. The molecule has 5 rings (SSSR count). The summed E-state index contributed by atoms with van der Waals surface area (Å²) in [6.07, 6.45) is 8.34. The first-order chi connectivity index (χ1) is 14.6. The minimum Gasteiger partial charge on any atom is -0.391 e. The predicted octanol–water partition coefficient (Wildman–Crippen LogP) is 4.45. The second-order valence-corrected chi connectivity index (χ2v) is 9.08. The third-order valence-electron chi connectivity index (χ3n) is 5.87. The minimum atomic E-state index is -0.292. The predicted molar refractivity (Wildman–Crippen MR) is 120 cm³/mol. The second kappa shape index (κ2) is 7.81. The number of hydrogen-bond acceptors (Lipinski definition) is 6. The molecule has 1 aliphatic rings. The summed E-state index contributed by atoms with van der Waals surface area (Å²) >= 11 is 1.64. The topological polar surface area (TPSA) is 79.5 Å². The number of aliphatic hydroxyl groups is 1. The fraction of sp³-hybridized carbons (Fsp3) is 0.348. The van der Waals surface area contributed by atoms with E-state index in [9.17, 15) is 9.90 Å². The van der Waals surface area contributed by atoms with Crippen LogP contribution in [0.25, 0.3) is 15.9 Å². The average molecular weight is 421 g/mol. The van der Waals surface area contributed by atoms with Crippen LogP contribution in [0, 0.1) is 0 Å². The number of anilines is 1. The van der Waals surface area contributed by atoms with Gasteiger partial charge in [0.1, 0.15) is 5.65 Å². The molecule has 1 fully saturated rings. The van der Waals surface area contributed by atoms with Gasteiger partial charge in [0.2, 0.25) is 0 Å². The molecule has 0 amide bonds. The molecule has 3 aromatic heterocycles. The number of imidazole rings is 1. The fourth-order valence-electron chi connectivity index (χ4n) is 4.17. The van der Waals surface area contributed by atoms with Gasteiger partial charge in [0.05, 0.1) is 22.4 Å². The molecule has 7 heteroatoms. The molecule has 1 saturated carbocycles. The molecule has 1 aromatic carbocycles. The molecule has 2 atom stereocenters. The Labute approximate surface area is 178 Å². The zero-order valence-corrected chi connectivity index (χ0v) is 17.7. The van der Waals surface area contributed by atoms with Crippen molar-refractivity contribution in [2.75, 3.05) is 5.32 Å². The van der Waals surface area contributed by atoms with E-state index < -0.39 is 0 Å². The average Bonchev–Trinajstić information content (AvgIpc) is 3.32. The third kappa shape index (κ3) is 3.70. The Hall–Kier alpha value is -2.77. The van der Waals surface area contributed by atoms with Gasteiger partial charge in [0.15, 0.2) is 10.9 Å². The van der Waals surface area contributed by atoms with Gasteiger partial charge < -0.3 is 14.8 Å². The van der Waals surface area contributed by atoms with Crippen molar-refractivity contribution in [2.45, 2.75) is 51.2 Å². The highest BCUT2D eigenvalue weighted by molar-refractivity contribution is 7.22. The van der Waals surface area contributed by atoms with Crippen LogP contribution in [0.1, 0.15) is 54.2 Å². The lowest BCUT2D eigenvalue weighted by molar-refractivity contribution is 0.101. The number of ketones is 1. The van der Waals surface area contributed by atoms with Crippen molar-refractivity contribution in [3.8, 4) is 0 Å². The maximum absolute atomic E-state index is 11.6. The Bertz CT molecular complexity index is 1230. The van der Waals surface area contributed by atoms with Crippen molar-refractivity contribution < 1.29 is 9.90 Å². The number of aromatic nitrogens is 3. The number of pyridine rings is 1. The number of thiazole rings is 1. The quantitative estimate of drug-likeness (QED) is 0.466. The summed E-state index contributed by atoms with van der Waals surface area (Å²) in [5, 5.41) is 14.5. The van der Waals surface area contributed by atoms with E-state index in [0.29, 0.717) is 5.56 Å². The number of carbonyl (C=O) groups excluding carboxylic acids is 1. The number of aliphatic hydroxyl groups excluding tert-OH is 1. The smallest absolute Gasteiger partial charge is 0.184 e. The van der Waals surface area contributed by atoms with Gasteiger partial charge in [-0.3, -0.25) is 4.79 Å². The molecule has 0 radical (unpaired) electrons. The number of fused-ring (bicyclic) bond motifs is 2. The normalized spacial score (nSPS) is 19.4. The molecule has 2 N–H and O–H groups in total. The van der Waals surface area contributed by atoms with Crippen LogP contribution >= 0.6 is 11.3 Å². The van der Waals surface area contributed by atoms with Crippen molar-refractivity contribution in [3.63, 3.8) is 0 Å². The zero-order valence-electron chi connectivity index (χ0n) is 16.8. The van der Waals surface area contributed by atoms with Crippen molar-refractivity contribution in [1.82, 2.24) is 14.4 Å². The maximum Gasteiger partial charge on any atom is 0.184 e. The van der Waals surface area contributed by atoms with Gasteiger partial charge in [0.25, 0.3) is 0 Å². The van der Waals surface area contributed by atoms with Crippen molar-refractivity contribution in [1.29, 1.82) is 0 Å². The number of nitrogens with one attached hydrogen (secondary N) is 1. The highest BCUT2D eigenvalue weighted by Crippen LogP contribution is 2.30. The summed E-state index contributed by atoms with van der Waals surface area (Å²) in [5.74, 6) is 0.0443. The van der Waals surface area contributed by atoms with Gasteiger partial charge in [0, 0.05) is 30.1 Å². The van der Waals surface area contributed by atoms with E-state index in [1.54, 1.807) is 18.3 Å². The number of carbonyl (C=O) groups is 1. The first-order valence-electron chi connectivity index (χ1n) is 10.4. The van der Waals surface area contributed by atoms with Crippen molar-refractivity contribution in [2.24, 2.45) is 0 Å². The highest BCUT2D eigenvalue weighted by Gasteiger charge is 2.23. The van der Waals surface area contributed by atoms with Crippen LogP contribution in [0.3, 0.4) is 0 Å². The second-order valence-electron chi connectivity index (χ2n) is 8.05. The molecular formula is C23H24N4O2S. The molecule has 1 aliphatic carbocycles. The number of Topliss-reactive ketones (excluding diaryl/α,β-unsaturated/α-hetero) is 1. The van der Waals surface area contributed by atoms with Gasteiger partial charge in [-0.05, 0) is 49.6 Å². The molecule has 2 unspecified atom stereocenters. The van der Waals surface area contributed by atoms with Crippen LogP contribution in [0.5, 0.6) is 0 Å². The lowest BCUT2D eigenvalue weighted by Crippen LogP contribution is -2.36. The van der Waals surface area contributed by atoms with Gasteiger partial charge >= 0.3 is 0 Å². The third-order valence-corrected chi connectivity index (χ3v) is 6.82. The van der Waals surface area contributed by atoms with Gasteiger partial charge in [-0.2, -0.15) is 0 Å². The Morgan fingerprint density at radius 2 is 2.13 bits per heavy atom. The van der Waals surface area contributed by atoms with Gasteiger partial charge in [-0.25, -0.2) is 9.97 Å². The first kappa shape index (κ1) is 19.2. The van der Waals surface area contributed by atoms with E-state index in [1.165, 1.54) is 5.56 Å². The number of nitrogens with zero attached hydrogens (tertiary/aromatic N) is 3. The lowest BCUT2D eigenvalue weighted by Gasteiger charge is -2.27. The summed E-state index contributed by atoms with van der Waals surface area (Å²) in [6.45, 7) is 1.57. The molecule has 154 valence electrons. The summed E-state index contributed by atoms with van der Waals surface area (Å²) < 4.78 is 3.16. The largest absolute Gasteiger partial charge is 0.391 e. The first-order valence-corrected chi connectivity index (χ1v) is 11.2. The van der Waals surface area contributed by atoms with Crippen molar-refractivity contribution >= 4 is 38.1 Å². The Kier molecular flexibility index (Phi) is 5.00. The van der Waals surface area contributed by atoms with E-state index in [2.05, 4.69) is 28.5 Å². The molecule has 3 heterocycles. The molecular weight excluding hydrogens is 396 g/mol. The van der Waals surface area contributed by atoms with E-state index in [1.807, 2.05) is 28.9 Å². The van der Waals surface area contributed by atoms with Crippen LogP contribution in [-0.2, 0) is 6.42 Å². The Balaban J connectivity index is 1.37. The van der Waals surface area contributed by atoms with Gasteiger partial charge in [-0.15, -0.1) is 0 Å². The Morgan fingerprint density at radius 3 is 2.97 bits per heavy atom. The molecule has 4 aromatic rings. The van der Waals surface area contributed by atoms with E-state index in [0.717, 1.165) is 58.8 Å². The van der Waals surface area contributed by atoms with Crippen LogP contribution in [0.4, 0.5) is 5.13 Å². The number of benzene rings is 1. The molecule has 0 spiro atoms. The number of rotatable bonds is 5. The molecule has 30 heavy (non-hydrogen) atoms. The SMILES string of the molecule is CC(=O)c1ccn2c(Cc3ccc4nc(NC5CCCCC5O)sc4c3)cnc2c1. The van der Waals surface area contributed by atoms with E-state index in [-0.39, 0.29) is 17.9 Å². The number of hydrogen-bond donors (Lipinski definition) is 2. The van der Waals surface area contributed by atoms with E-state index >= 15 is 0 Å². The monoisotopic (exact) mass is 420 g/mol. The molecule has 0 saturated heterocycles. The molecule has 0 aliphatic heterocycles. The summed E-state index contributed by atoms with van der Waals surface area (Å²) in [7, 11) is 0. The molecule has 6 nitrogen and oxygen atoms in total. The summed E-state index contributed by atoms with van der Waals surface area (Å²) in [5.41, 5.74) is 4.70. The van der Waals surface area contributed by atoms with Crippen LogP contribution in [-0.4, -0.2) is 37.4 Å². The standard InChI is InChI=1S/C23H24N4O2S/c1-14(28)16-8-9-27-17(13-24-22(27)12-16)10-15-6-7-19-21(11-15)30-23(26-19)25-18-4-2-3-5-20(18)29/h6-9,11-13,18,20,29H,2-5,10H2,1H3,(H,25,26). The highest BCUT2D eigenvalue weighted by atomic mass is 32.1. The van der Waals surface area contributed by atoms with Gasteiger partial charge in [-0.1, -0.05) is 30.2 Å². The Morgan fingerprint density at radius 1 is 1.27 bits per heavy atom. The maximum atomic E-state index is 11.6. The van der Waals surface area contributed by atoms with Crippen molar-refractivity contribution in [3.05, 3.63) is 59.5 Å². The lowest BCUT2D eigenvalue weighted by atomic mass is 9.93. The summed E-state index contributed by atoms with van der Waals surface area (Å²) in [4.78, 5) is 20.8. The molecule has 0 bridgehead atoms. The van der Waals surface area contributed by atoms with Crippen LogP contribution in [0.15, 0.2) is 42.7 Å². The van der Waals surface area contributed by atoms with Crippen LogP contribution in [0.2, 0.25) is 0 Å². The summed E-state index contributed by atoms with van der Waals surface area (Å²) in [6, 6.07) is 10.1. The van der Waals surface area contributed by atoms with E-state index in [4.69, 9.17) is 4.98 Å². The fourth-order valence-corrected chi connectivity index (χ4v) is 5.16. The van der Waals surface area contributed by atoms with Crippen LogP contribution < -0.4 is 5.32 Å². The minimum absolute atomic E-state index is 0.0443.